The number of aryl methyl sites for hydroxylation is 1. The average Bonchev–Trinajstić information content (AvgIpc) is 3.00. The Hall–Kier alpha value is -2.09. The number of hydrogen-bond acceptors (Lipinski definition) is 5. The third-order valence-corrected chi connectivity index (χ3v) is 5.14. The van der Waals surface area contributed by atoms with Gasteiger partial charge in [0, 0.05) is 6.20 Å². The summed E-state index contributed by atoms with van der Waals surface area (Å²) in [5.74, 6) is 0.473. The van der Waals surface area contributed by atoms with Crippen LogP contribution in [0, 0.1) is 6.92 Å². The molecule has 0 fully saturated rings. The molecule has 0 saturated heterocycles. The van der Waals surface area contributed by atoms with E-state index in [4.69, 9.17) is 23.2 Å². The first-order valence-electron chi connectivity index (χ1n) is 7.28. The number of rotatable bonds is 2. The highest BCUT2D eigenvalue weighted by atomic mass is 35.5. The summed E-state index contributed by atoms with van der Waals surface area (Å²) >= 11 is 13.5. The van der Waals surface area contributed by atoms with Crippen molar-refractivity contribution in [2.24, 2.45) is 0 Å². The smallest absolute Gasteiger partial charge is 0.266 e. The molecule has 0 N–H and O–H groups in total. The summed E-state index contributed by atoms with van der Waals surface area (Å²) in [5, 5.41) is 6.30. The Morgan fingerprint density at radius 2 is 1.92 bits per heavy atom. The largest absolute Gasteiger partial charge is 0.284 e. The van der Waals surface area contributed by atoms with E-state index in [0.717, 1.165) is 0 Å². The zero-order valence-electron chi connectivity index (χ0n) is 13.2. The Morgan fingerprint density at radius 3 is 2.64 bits per heavy atom. The first-order chi connectivity index (χ1) is 12.0. The molecule has 4 rings (SSSR count). The van der Waals surface area contributed by atoms with Gasteiger partial charge in [-0.3, -0.25) is 9.36 Å². The molecular formula is C16H11Cl2N5OS. The van der Waals surface area contributed by atoms with Gasteiger partial charge in [-0.05, 0) is 37.4 Å². The van der Waals surface area contributed by atoms with E-state index in [1.54, 1.807) is 35.8 Å². The van der Waals surface area contributed by atoms with E-state index >= 15 is 0 Å². The molecule has 4 aromatic rings. The predicted octanol–water partition coefficient (Wildman–Crippen LogP) is 3.77. The number of nitrogens with zero attached hydrogens (tertiary/aromatic N) is 5. The normalized spacial score (nSPS) is 11.5. The van der Waals surface area contributed by atoms with Crippen LogP contribution in [0.4, 0.5) is 0 Å². The zero-order valence-corrected chi connectivity index (χ0v) is 15.5. The number of hydrogen-bond donors (Lipinski definition) is 0. The summed E-state index contributed by atoms with van der Waals surface area (Å²) < 4.78 is 3.10. The van der Waals surface area contributed by atoms with Crippen LogP contribution in [0.3, 0.4) is 0 Å². The molecule has 0 spiro atoms. The molecule has 0 amide bonds. The molecule has 0 aliphatic rings. The standard InChI is InChI=1S/C16H11Cl2N5OS/c1-8-13-12(23-15(19-8)20-16(21-23)25-2)5-6-22(14(13)24)9-3-4-10(17)11(18)7-9/h3-7H,1-2H3. The van der Waals surface area contributed by atoms with Crippen molar-refractivity contribution in [1.82, 2.24) is 24.1 Å². The van der Waals surface area contributed by atoms with Crippen molar-refractivity contribution in [3.63, 3.8) is 0 Å². The Morgan fingerprint density at radius 1 is 1.12 bits per heavy atom. The van der Waals surface area contributed by atoms with Crippen molar-refractivity contribution in [3.05, 3.63) is 56.6 Å². The van der Waals surface area contributed by atoms with Gasteiger partial charge in [-0.1, -0.05) is 35.0 Å². The Kier molecular flexibility index (Phi) is 3.94. The van der Waals surface area contributed by atoms with Gasteiger partial charge < -0.3 is 0 Å². The van der Waals surface area contributed by atoms with Crippen molar-refractivity contribution in [2.75, 3.05) is 6.26 Å². The number of pyridine rings is 1. The number of halogens is 2. The molecule has 25 heavy (non-hydrogen) atoms. The number of fused-ring (bicyclic) bond motifs is 3. The lowest BCUT2D eigenvalue weighted by Gasteiger charge is -2.10. The van der Waals surface area contributed by atoms with Crippen LogP contribution in [0.15, 0.2) is 40.4 Å². The quantitative estimate of drug-likeness (QED) is 0.486. The van der Waals surface area contributed by atoms with E-state index in [0.29, 0.717) is 43.3 Å². The van der Waals surface area contributed by atoms with Crippen LogP contribution in [0.5, 0.6) is 0 Å². The Balaban J connectivity index is 2.05. The minimum Gasteiger partial charge on any atom is -0.284 e. The summed E-state index contributed by atoms with van der Waals surface area (Å²) in [6.45, 7) is 1.79. The topological polar surface area (TPSA) is 65.1 Å². The van der Waals surface area contributed by atoms with Crippen LogP contribution >= 0.6 is 35.0 Å². The molecule has 0 atom stereocenters. The van der Waals surface area contributed by atoms with Crippen LogP contribution in [-0.2, 0) is 0 Å². The molecule has 1 aromatic carbocycles. The number of aromatic nitrogens is 5. The molecule has 6 nitrogen and oxygen atoms in total. The summed E-state index contributed by atoms with van der Waals surface area (Å²) in [6.07, 6.45) is 3.57. The molecular weight excluding hydrogens is 381 g/mol. The van der Waals surface area contributed by atoms with Crippen molar-refractivity contribution in [1.29, 1.82) is 0 Å². The van der Waals surface area contributed by atoms with Gasteiger partial charge >= 0.3 is 0 Å². The van der Waals surface area contributed by atoms with Crippen LogP contribution in [-0.4, -0.2) is 30.4 Å². The van der Waals surface area contributed by atoms with Crippen LogP contribution in [0.25, 0.3) is 22.4 Å². The van der Waals surface area contributed by atoms with E-state index in [1.165, 1.54) is 16.3 Å². The van der Waals surface area contributed by atoms with Gasteiger partial charge in [0.1, 0.15) is 0 Å². The molecule has 0 aliphatic carbocycles. The first-order valence-corrected chi connectivity index (χ1v) is 9.26. The minimum atomic E-state index is -0.205. The molecule has 0 unspecified atom stereocenters. The van der Waals surface area contributed by atoms with Crippen molar-refractivity contribution < 1.29 is 0 Å². The lowest BCUT2D eigenvalue weighted by Crippen LogP contribution is -2.20. The van der Waals surface area contributed by atoms with E-state index < -0.39 is 0 Å². The van der Waals surface area contributed by atoms with Gasteiger partial charge in [0.2, 0.25) is 5.16 Å². The lowest BCUT2D eigenvalue weighted by atomic mass is 10.2. The van der Waals surface area contributed by atoms with Crippen LogP contribution in [0.2, 0.25) is 10.0 Å². The Bertz CT molecular complexity index is 1200. The molecule has 0 saturated carbocycles. The van der Waals surface area contributed by atoms with Gasteiger partial charge in [0.05, 0.1) is 32.3 Å². The van der Waals surface area contributed by atoms with E-state index in [1.807, 2.05) is 12.3 Å². The van der Waals surface area contributed by atoms with Crippen molar-refractivity contribution in [3.8, 4) is 5.69 Å². The predicted molar refractivity (Wildman–Crippen MR) is 100 cm³/mol. The molecule has 0 aliphatic heterocycles. The van der Waals surface area contributed by atoms with E-state index in [2.05, 4.69) is 15.1 Å². The molecule has 0 radical (unpaired) electrons. The number of benzene rings is 1. The maximum absolute atomic E-state index is 13.0. The van der Waals surface area contributed by atoms with E-state index in [-0.39, 0.29) is 5.56 Å². The van der Waals surface area contributed by atoms with Crippen molar-refractivity contribution >= 4 is 51.6 Å². The second-order valence-corrected chi connectivity index (χ2v) is 6.94. The zero-order chi connectivity index (χ0) is 17.7. The van der Waals surface area contributed by atoms with Gasteiger partial charge in [0.25, 0.3) is 11.3 Å². The fourth-order valence-electron chi connectivity index (χ4n) is 2.69. The molecule has 3 aromatic heterocycles. The second-order valence-electron chi connectivity index (χ2n) is 5.36. The Labute approximate surface area is 156 Å². The third-order valence-electron chi connectivity index (χ3n) is 3.86. The molecule has 9 heteroatoms. The van der Waals surface area contributed by atoms with Gasteiger partial charge in [-0.15, -0.1) is 5.10 Å². The lowest BCUT2D eigenvalue weighted by molar-refractivity contribution is 0.901. The fourth-order valence-corrected chi connectivity index (χ4v) is 3.32. The fraction of sp³-hybridized carbons (Fsp3) is 0.125. The summed E-state index contributed by atoms with van der Waals surface area (Å²) in [5.41, 5.74) is 1.69. The van der Waals surface area contributed by atoms with Gasteiger partial charge in [-0.25, -0.2) is 4.98 Å². The van der Waals surface area contributed by atoms with Crippen LogP contribution in [0.1, 0.15) is 5.69 Å². The number of thioether (sulfide) groups is 1. The van der Waals surface area contributed by atoms with Gasteiger partial charge in [-0.2, -0.15) is 9.50 Å². The highest BCUT2D eigenvalue weighted by Crippen LogP contribution is 2.24. The van der Waals surface area contributed by atoms with Crippen molar-refractivity contribution in [2.45, 2.75) is 12.1 Å². The highest BCUT2D eigenvalue weighted by molar-refractivity contribution is 7.98. The minimum absolute atomic E-state index is 0.205. The van der Waals surface area contributed by atoms with E-state index in [9.17, 15) is 4.79 Å². The van der Waals surface area contributed by atoms with Gasteiger partial charge in [0.15, 0.2) is 0 Å². The second kappa shape index (κ2) is 6.01. The average molecular weight is 392 g/mol. The first kappa shape index (κ1) is 16.4. The third kappa shape index (κ3) is 2.59. The summed E-state index contributed by atoms with van der Waals surface area (Å²) in [6, 6.07) is 6.87. The molecule has 0 bridgehead atoms. The summed E-state index contributed by atoms with van der Waals surface area (Å²) in [4.78, 5) is 21.8. The summed E-state index contributed by atoms with van der Waals surface area (Å²) in [7, 11) is 0. The highest BCUT2D eigenvalue weighted by Gasteiger charge is 2.15. The maximum Gasteiger partial charge on any atom is 0.266 e. The SMILES string of the molecule is CSc1nc2nc(C)c3c(=O)n(-c4ccc(Cl)c(Cl)c4)ccc3n2n1. The molecule has 3 heterocycles. The molecule has 126 valence electrons. The van der Waals surface area contributed by atoms with Crippen LogP contribution < -0.4 is 5.56 Å². The monoisotopic (exact) mass is 391 g/mol. The maximum atomic E-state index is 13.0.